The number of fused-ring (bicyclic) bond motifs is 1. The number of rotatable bonds is 5. The molecule has 2 atom stereocenters. The molecule has 9 heteroatoms. The summed E-state index contributed by atoms with van der Waals surface area (Å²) in [6, 6.07) is 11.5. The Balaban J connectivity index is 1.50. The molecule has 0 spiro atoms. The molecule has 3 heterocycles. The summed E-state index contributed by atoms with van der Waals surface area (Å²) in [4.78, 5) is 17.1. The van der Waals surface area contributed by atoms with E-state index in [0.717, 1.165) is 23.0 Å². The second kappa shape index (κ2) is 8.58. The largest absolute Gasteiger partial charge is 0.299 e. The standard InChI is InChI=1S/C22H23N7OS/c1-15-7-2-5-11-19(15)29-20(16-8-6-12-23-13-16)25-26-22(29)31-14-28-21(30)17-9-3-4-10-18(17)24-27-28/h3-4,6,8-10,12-13,15,19H,2,5,7,11,14H2,1H3/t15-,19-/m1/s1. The highest BCUT2D eigenvalue weighted by Gasteiger charge is 2.28. The molecule has 1 fully saturated rings. The third-order valence-electron chi connectivity index (χ3n) is 5.93. The monoisotopic (exact) mass is 433 g/mol. The quantitative estimate of drug-likeness (QED) is 0.440. The van der Waals surface area contributed by atoms with Crippen LogP contribution in [0.25, 0.3) is 22.3 Å². The Morgan fingerprint density at radius 3 is 2.77 bits per heavy atom. The zero-order valence-electron chi connectivity index (χ0n) is 17.3. The van der Waals surface area contributed by atoms with E-state index in [4.69, 9.17) is 0 Å². The fourth-order valence-electron chi connectivity index (χ4n) is 4.27. The molecule has 0 unspecified atom stereocenters. The molecule has 0 amide bonds. The lowest BCUT2D eigenvalue weighted by Gasteiger charge is -2.31. The maximum absolute atomic E-state index is 12.8. The molecule has 158 valence electrons. The van der Waals surface area contributed by atoms with E-state index in [9.17, 15) is 4.79 Å². The maximum atomic E-state index is 12.8. The fraction of sp³-hybridized carbons (Fsp3) is 0.364. The molecular weight excluding hydrogens is 410 g/mol. The number of nitrogens with zero attached hydrogens (tertiary/aromatic N) is 7. The van der Waals surface area contributed by atoms with Crippen LogP contribution in [0.15, 0.2) is 58.7 Å². The number of thioether (sulfide) groups is 1. The summed E-state index contributed by atoms with van der Waals surface area (Å²) < 4.78 is 3.63. The van der Waals surface area contributed by atoms with E-state index in [1.165, 1.54) is 35.7 Å². The third kappa shape index (κ3) is 3.85. The minimum atomic E-state index is -0.150. The molecule has 0 aliphatic heterocycles. The second-order valence-corrected chi connectivity index (χ2v) is 8.84. The number of benzene rings is 1. The Morgan fingerprint density at radius 2 is 1.94 bits per heavy atom. The van der Waals surface area contributed by atoms with Gasteiger partial charge in [0.1, 0.15) is 5.52 Å². The van der Waals surface area contributed by atoms with Crippen molar-refractivity contribution in [2.24, 2.45) is 5.92 Å². The number of hydrogen-bond donors (Lipinski definition) is 0. The first kappa shape index (κ1) is 19.9. The van der Waals surface area contributed by atoms with Crippen molar-refractivity contribution >= 4 is 22.7 Å². The zero-order valence-corrected chi connectivity index (χ0v) is 18.1. The highest BCUT2D eigenvalue weighted by molar-refractivity contribution is 7.98. The molecule has 4 aromatic rings. The smallest absolute Gasteiger partial charge is 0.278 e. The van der Waals surface area contributed by atoms with Crippen molar-refractivity contribution in [1.29, 1.82) is 0 Å². The topological polar surface area (TPSA) is 91.4 Å². The van der Waals surface area contributed by atoms with Crippen LogP contribution in [-0.2, 0) is 5.88 Å². The van der Waals surface area contributed by atoms with E-state index in [2.05, 4.69) is 37.0 Å². The van der Waals surface area contributed by atoms with Gasteiger partial charge >= 0.3 is 0 Å². The molecule has 0 N–H and O–H groups in total. The average Bonchev–Trinajstić information content (AvgIpc) is 3.23. The van der Waals surface area contributed by atoms with Crippen LogP contribution < -0.4 is 5.56 Å². The van der Waals surface area contributed by atoms with E-state index < -0.39 is 0 Å². The lowest BCUT2D eigenvalue weighted by molar-refractivity contribution is 0.247. The minimum Gasteiger partial charge on any atom is -0.299 e. The van der Waals surface area contributed by atoms with Crippen LogP contribution in [0.1, 0.15) is 38.6 Å². The van der Waals surface area contributed by atoms with Gasteiger partial charge < -0.3 is 0 Å². The van der Waals surface area contributed by atoms with Gasteiger partial charge in [0.15, 0.2) is 11.0 Å². The predicted octanol–water partition coefficient (Wildman–Crippen LogP) is 3.95. The Morgan fingerprint density at radius 1 is 1.06 bits per heavy atom. The summed E-state index contributed by atoms with van der Waals surface area (Å²) in [5.41, 5.74) is 1.40. The molecule has 5 rings (SSSR count). The van der Waals surface area contributed by atoms with Crippen LogP contribution in [0.2, 0.25) is 0 Å². The first-order valence-electron chi connectivity index (χ1n) is 10.5. The van der Waals surface area contributed by atoms with Gasteiger partial charge in [0.05, 0.1) is 11.3 Å². The van der Waals surface area contributed by atoms with Crippen LogP contribution in [0.5, 0.6) is 0 Å². The Hall–Kier alpha value is -3.07. The molecule has 1 saturated carbocycles. The summed E-state index contributed by atoms with van der Waals surface area (Å²) in [6.07, 6.45) is 8.31. The molecular formula is C22H23N7OS. The molecule has 1 aliphatic carbocycles. The van der Waals surface area contributed by atoms with Crippen LogP contribution in [-0.4, -0.2) is 34.7 Å². The van der Waals surface area contributed by atoms with Gasteiger partial charge in [-0.25, -0.2) is 0 Å². The van der Waals surface area contributed by atoms with Gasteiger partial charge in [-0.15, -0.1) is 15.3 Å². The van der Waals surface area contributed by atoms with E-state index in [0.29, 0.717) is 28.7 Å². The predicted molar refractivity (Wildman–Crippen MR) is 120 cm³/mol. The maximum Gasteiger partial charge on any atom is 0.278 e. The van der Waals surface area contributed by atoms with Gasteiger partial charge in [-0.2, -0.15) is 4.68 Å². The molecule has 3 aromatic heterocycles. The van der Waals surface area contributed by atoms with Gasteiger partial charge in [0, 0.05) is 24.0 Å². The van der Waals surface area contributed by atoms with Gasteiger partial charge in [-0.1, -0.05) is 48.9 Å². The van der Waals surface area contributed by atoms with Crippen LogP contribution >= 0.6 is 11.8 Å². The molecule has 0 radical (unpaired) electrons. The van der Waals surface area contributed by atoms with Crippen molar-refractivity contribution in [3.8, 4) is 11.4 Å². The lowest BCUT2D eigenvalue weighted by Crippen LogP contribution is -2.24. The van der Waals surface area contributed by atoms with E-state index in [1.54, 1.807) is 18.3 Å². The molecule has 1 aromatic carbocycles. The van der Waals surface area contributed by atoms with Crippen molar-refractivity contribution in [3.63, 3.8) is 0 Å². The molecule has 31 heavy (non-hydrogen) atoms. The highest BCUT2D eigenvalue weighted by atomic mass is 32.2. The second-order valence-electron chi connectivity index (χ2n) is 7.93. The van der Waals surface area contributed by atoms with Crippen molar-refractivity contribution in [1.82, 2.24) is 34.7 Å². The van der Waals surface area contributed by atoms with Crippen molar-refractivity contribution in [2.45, 2.75) is 49.7 Å². The number of aromatic nitrogens is 7. The number of pyridine rings is 1. The summed E-state index contributed by atoms with van der Waals surface area (Å²) in [5.74, 6) is 1.68. The summed E-state index contributed by atoms with van der Waals surface area (Å²) in [7, 11) is 0. The van der Waals surface area contributed by atoms with Crippen LogP contribution in [0, 0.1) is 5.92 Å². The van der Waals surface area contributed by atoms with Crippen molar-refractivity contribution < 1.29 is 0 Å². The van der Waals surface area contributed by atoms with Crippen LogP contribution in [0.4, 0.5) is 0 Å². The van der Waals surface area contributed by atoms with Gasteiger partial charge in [0.2, 0.25) is 0 Å². The minimum absolute atomic E-state index is 0.150. The van der Waals surface area contributed by atoms with E-state index in [-0.39, 0.29) is 5.56 Å². The Kier molecular flexibility index (Phi) is 5.50. The number of hydrogen-bond acceptors (Lipinski definition) is 7. The average molecular weight is 434 g/mol. The zero-order chi connectivity index (χ0) is 21.2. The summed E-state index contributed by atoms with van der Waals surface area (Å²) >= 11 is 1.46. The fourth-order valence-corrected chi connectivity index (χ4v) is 5.14. The highest BCUT2D eigenvalue weighted by Crippen LogP contribution is 2.39. The van der Waals surface area contributed by atoms with Gasteiger partial charge in [0.25, 0.3) is 5.56 Å². The summed E-state index contributed by atoms with van der Waals surface area (Å²) in [6.45, 7) is 2.30. The molecule has 0 saturated heterocycles. The molecule has 8 nitrogen and oxygen atoms in total. The SMILES string of the molecule is C[C@@H]1CCCC[C@H]1n1c(SCn2nnc3ccccc3c2=O)nnc1-c1cccnc1. The van der Waals surface area contributed by atoms with Crippen molar-refractivity contribution in [2.75, 3.05) is 0 Å². The Labute approximate surface area is 183 Å². The van der Waals surface area contributed by atoms with E-state index in [1.807, 2.05) is 30.5 Å². The van der Waals surface area contributed by atoms with Crippen molar-refractivity contribution in [3.05, 3.63) is 59.1 Å². The van der Waals surface area contributed by atoms with Gasteiger partial charge in [-0.05, 0) is 43.0 Å². The first-order chi connectivity index (χ1) is 15.2. The molecule has 1 aliphatic rings. The first-order valence-corrected chi connectivity index (χ1v) is 11.5. The van der Waals surface area contributed by atoms with Crippen LogP contribution in [0.3, 0.4) is 0 Å². The normalized spacial score (nSPS) is 19.0. The Bertz CT molecular complexity index is 1250. The molecule has 0 bridgehead atoms. The lowest BCUT2D eigenvalue weighted by atomic mass is 9.85. The third-order valence-corrected chi connectivity index (χ3v) is 6.84. The van der Waals surface area contributed by atoms with E-state index >= 15 is 0 Å². The summed E-state index contributed by atoms with van der Waals surface area (Å²) in [5, 5.41) is 18.6. The van der Waals surface area contributed by atoms with Gasteiger partial charge in [-0.3, -0.25) is 14.3 Å².